The minimum atomic E-state index is 0.406. The fourth-order valence-corrected chi connectivity index (χ4v) is 1.01. The Balaban J connectivity index is 2.40. The Morgan fingerprint density at radius 2 is 2.31 bits per heavy atom. The summed E-state index contributed by atoms with van der Waals surface area (Å²) in [7, 11) is 0. The zero-order valence-electron chi connectivity index (χ0n) is 8.66. The van der Waals surface area contributed by atoms with Gasteiger partial charge in [0, 0.05) is 6.04 Å². The molecule has 0 amide bonds. The van der Waals surface area contributed by atoms with Crippen LogP contribution in [0.5, 0.6) is 5.75 Å². The van der Waals surface area contributed by atoms with Crippen molar-refractivity contribution >= 4 is 0 Å². The second-order valence-electron chi connectivity index (χ2n) is 3.45. The SMILES string of the molecule is CCCCOc1cnn(C(C)C)c1. The van der Waals surface area contributed by atoms with Gasteiger partial charge in [0.25, 0.3) is 0 Å². The molecule has 0 N–H and O–H groups in total. The molecule has 0 radical (unpaired) electrons. The van der Waals surface area contributed by atoms with Crippen LogP contribution < -0.4 is 4.74 Å². The Labute approximate surface area is 79.7 Å². The van der Waals surface area contributed by atoms with E-state index in [0.717, 1.165) is 25.2 Å². The topological polar surface area (TPSA) is 27.1 Å². The van der Waals surface area contributed by atoms with Crippen molar-refractivity contribution in [2.24, 2.45) is 0 Å². The maximum absolute atomic E-state index is 5.49. The van der Waals surface area contributed by atoms with Crippen LogP contribution in [0.4, 0.5) is 0 Å². The Bertz CT molecular complexity index is 243. The predicted molar refractivity (Wildman–Crippen MR) is 53.0 cm³/mol. The zero-order chi connectivity index (χ0) is 9.68. The van der Waals surface area contributed by atoms with E-state index in [-0.39, 0.29) is 0 Å². The van der Waals surface area contributed by atoms with E-state index in [9.17, 15) is 0 Å². The van der Waals surface area contributed by atoms with E-state index in [0.29, 0.717) is 6.04 Å². The first-order valence-corrected chi connectivity index (χ1v) is 4.91. The number of ether oxygens (including phenoxy) is 1. The second-order valence-corrected chi connectivity index (χ2v) is 3.45. The molecule has 0 atom stereocenters. The smallest absolute Gasteiger partial charge is 0.157 e. The maximum Gasteiger partial charge on any atom is 0.157 e. The van der Waals surface area contributed by atoms with Crippen LogP contribution in [0.2, 0.25) is 0 Å². The van der Waals surface area contributed by atoms with E-state index < -0.39 is 0 Å². The quantitative estimate of drug-likeness (QED) is 0.654. The summed E-state index contributed by atoms with van der Waals surface area (Å²) in [6.45, 7) is 7.15. The molecule has 0 fully saturated rings. The van der Waals surface area contributed by atoms with E-state index in [1.807, 2.05) is 10.9 Å². The van der Waals surface area contributed by atoms with E-state index in [1.54, 1.807) is 6.20 Å². The van der Waals surface area contributed by atoms with Gasteiger partial charge in [-0.1, -0.05) is 13.3 Å². The third kappa shape index (κ3) is 3.09. The molecule has 0 aliphatic rings. The van der Waals surface area contributed by atoms with Crippen molar-refractivity contribution < 1.29 is 4.74 Å². The largest absolute Gasteiger partial charge is 0.490 e. The molecule has 13 heavy (non-hydrogen) atoms. The Morgan fingerprint density at radius 1 is 1.54 bits per heavy atom. The van der Waals surface area contributed by atoms with Crippen LogP contribution in [0.25, 0.3) is 0 Å². The predicted octanol–water partition coefficient (Wildman–Crippen LogP) is 2.64. The van der Waals surface area contributed by atoms with E-state index in [2.05, 4.69) is 25.9 Å². The fourth-order valence-electron chi connectivity index (χ4n) is 1.01. The molecule has 1 aromatic rings. The van der Waals surface area contributed by atoms with Crippen molar-refractivity contribution in [1.82, 2.24) is 9.78 Å². The molecule has 0 saturated carbocycles. The minimum absolute atomic E-state index is 0.406. The summed E-state index contributed by atoms with van der Waals surface area (Å²) in [6.07, 6.45) is 5.99. The molecule has 0 unspecified atom stereocenters. The highest BCUT2D eigenvalue weighted by Gasteiger charge is 2.01. The Kier molecular flexibility index (Phi) is 3.80. The van der Waals surface area contributed by atoms with Crippen LogP contribution in [0.1, 0.15) is 39.7 Å². The molecule has 3 heteroatoms. The number of hydrogen-bond acceptors (Lipinski definition) is 2. The molecule has 1 heterocycles. The molecule has 3 nitrogen and oxygen atoms in total. The summed E-state index contributed by atoms with van der Waals surface area (Å²) in [4.78, 5) is 0. The molecule has 0 aromatic carbocycles. The van der Waals surface area contributed by atoms with Crippen molar-refractivity contribution in [1.29, 1.82) is 0 Å². The van der Waals surface area contributed by atoms with Gasteiger partial charge in [0.15, 0.2) is 5.75 Å². The van der Waals surface area contributed by atoms with Crippen molar-refractivity contribution in [2.45, 2.75) is 39.7 Å². The van der Waals surface area contributed by atoms with Gasteiger partial charge in [-0.05, 0) is 20.3 Å². The third-order valence-corrected chi connectivity index (χ3v) is 1.87. The van der Waals surface area contributed by atoms with Crippen molar-refractivity contribution in [2.75, 3.05) is 6.61 Å². The number of hydrogen-bond donors (Lipinski definition) is 0. The van der Waals surface area contributed by atoms with Crippen LogP contribution in [-0.4, -0.2) is 16.4 Å². The monoisotopic (exact) mass is 182 g/mol. The van der Waals surface area contributed by atoms with Gasteiger partial charge < -0.3 is 4.74 Å². The normalized spacial score (nSPS) is 10.8. The average Bonchev–Trinajstić information content (AvgIpc) is 2.53. The van der Waals surface area contributed by atoms with E-state index >= 15 is 0 Å². The highest BCUT2D eigenvalue weighted by molar-refractivity contribution is 5.11. The van der Waals surface area contributed by atoms with Crippen LogP contribution in [0.3, 0.4) is 0 Å². The maximum atomic E-state index is 5.49. The first-order chi connectivity index (χ1) is 6.24. The van der Waals surface area contributed by atoms with Gasteiger partial charge in [-0.2, -0.15) is 5.10 Å². The number of unbranched alkanes of at least 4 members (excludes halogenated alkanes) is 1. The molecule has 1 rings (SSSR count). The van der Waals surface area contributed by atoms with Crippen LogP contribution in [-0.2, 0) is 0 Å². The fraction of sp³-hybridized carbons (Fsp3) is 0.700. The minimum Gasteiger partial charge on any atom is -0.490 e. The first kappa shape index (κ1) is 10.1. The highest BCUT2D eigenvalue weighted by atomic mass is 16.5. The van der Waals surface area contributed by atoms with Gasteiger partial charge in [-0.3, -0.25) is 4.68 Å². The van der Waals surface area contributed by atoms with Gasteiger partial charge in [0.1, 0.15) is 0 Å². The van der Waals surface area contributed by atoms with E-state index in [1.165, 1.54) is 0 Å². The second kappa shape index (κ2) is 4.90. The van der Waals surface area contributed by atoms with Crippen molar-refractivity contribution in [3.63, 3.8) is 0 Å². The molecule has 0 aliphatic carbocycles. The third-order valence-electron chi connectivity index (χ3n) is 1.87. The lowest BCUT2D eigenvalue weighted by atomic mass is 10.4. The average molecular weight is 182 g/mol. The standard InChI is InChI=1S/C10H18N2O/c1-4-5-6-13-10-7-11-12(8-10)9(2)3/h7-9H,4-6H2,1-3H3. The van der Waals surface area contributed by atoms with Gasteiger partial charge in [0.2, 0.25) is 0 Å². The van der Waals surface area contributed by atoms with Crippen LogP contribution in [0, 0.1) is 0 Å². The molecular formula is C10H18N2O. The molecule has 0 saturated heterocycles. The van der Waals surface area contributed by atoms with Gasteiger partial charge in [0.05, 0.1) is 19.0 Å². The lowest BCUT2D eigenvalue weighted by molar-refractivity contribution is 0.308. The van der Waals surface area contributed by atoms with Crippen LogP contribution in [0.15, 0.2) is 12.4 Å². The molecular weight excluding hydrogens is 164 g/mol. The lowest BCUT2D eigenvalue weighted by Crippen LogP contribution is -2.00. The van der Waals surface area contributed by atoms with Crippen LogP contribution >= 0.6 is 0 Å². The summed E-state index contributed by atoms with van der Waals surface area (Å²) < 4.78 is 7.40. The zero-order valence-corrected chi connectivity index (χ0v) is 8.66. The van der Waals surface area contributed by atoms with Gasteiger partial charge in [-0.15, -0.1) is 0 Å². The highest BCUT2D eigenvalue weighted by Crippen LogP contribution is 2.12. The van der Waals surface area contributed by atoms with E-state index in [4.69, 9.17) is 4.74 Å². The van der Waals surface area contributed by atoms with Crippen molar-refractivity contribution in [3.8, 4) is 5.75 Å². The molecule has 0 spiro atoms. The lowest BCUT2D eigenvalue weighted by Gasteiger charge is -2.03. The summed E-state index contributed by atoms with van der Waals surface area (Å²) in [5.41, 5.74) is 0. The molecule has 74 valence electrons. The summed E-state index contributed by atoms with van der Waals surface area (Å²) in [6, 6.07) is 0.406. The summed E-state index contributed by atoms with van der Waals surface area (Å²) in [5, 5.41) is 4.19. The number of rotatable bonds is 5. The Morgan fingerprint density at radius 3 is 2.85 bits per heavy atom. The summed E-state index contributed by atoms with van der Waals surface area (Å²) >= 11 is 0. The molecule has 0 aliphatic heterocycles. The molecule has 0 bridgehead atoms. The number of nitrogens with zero attached hydrogens (tertiary/aromatic N) is 2. The number of aromatic nitrogens is 2. The Hall–Kier alpha value is -0.990. The first-order valence-electron chi connectivity index (χ1n) is 4.91. The van der Waals surface area contributed by atoms with Crippen molar-refractivity contribution in [3.05, 3.63) is 12.4 Å². The van der Waals surface area contributed by atoms with Gasteiger partial charge >= 0.3 is 0 Å². The van der Waals surface area contributed by atoms with Gasteiger partial charge in [-0.25, -0.2) is 0 Å². The molecule has 1 aromatic heterocycles. The summed E-state index contributed by atoms with van der Waals surface area (Å²) in [5.74, 6) is 0.877.